The van der Waals surface area contributed by atoms with Crippen LogP contribution in [0.1, 0.15) is 53.6 Å². The predicted octanol–water partition coefficient (Wildman–Crippen LogP) is 2.72. The molecule has 0 spiro atoms. The van der Waals surface area contributed by atoms with Crippen LogP contribution in [0, 0.1) is 13.8 Å². The van der Waals surface area contributed by atoms with E-state index in [9.17, 15) is 14.7 Å². The molecule has 0 amide bonds. The van der Waals surface area contributed by atoms with Crippen LogP contribution in [0.25, 0.3) is 0 Å². The highest BCUT2D eigenvalue weighted by molar-refractivity contribution is 5.99. The van der Waals surface area contributed by atoms with E-state index < -0.39 is 11.6 Å². The molecule has 0 aromatic heterocycles. The standard InChI is InChI=1S/C17H22O4/c1-12-6-7-13(2)14(10-12)15(18)11-21-16(19)17(20)8-4-3-5-9-17/h6-7,10,20H,3-5,8-9,11H2,1-2H3. The third-order valence-electron chi connectivity index (χ3n) is 4.09. The molecule has 0 radical (unpaired) electrons. The summed E-state index contributed by atoms with van der Waals surface area (Å²) in [6, 6.07) is 5.60. The third-order valence-corrected chi connectivity index (χ3v) is 4.09. The molecule has 1 aliphatic carbocycles. The topological polar surface area (TPSA) is 63.6 Å². The van der Waals surface area contributed by atoms with E-state index in [1.54, 1.807) is 6.07 Å². The van der Waals surface area contributed by atoms with E-state index in [0.717, 1.165) is 30.4 Å². The number of ether oxygens (including phenoxy) is 1. The molecular formula is C17H22O4. The molecule has 2 rings (SSSR count). The van der Waals surface area contributed by atoms with Crippen molar-refractivity contribution in [2.45, 2.75) is 51.6 Å². The Morgan fingerprint density at radius 2 is 1.86 bits per heavy atom. The minimum Gasteiger partial charge on any atom is -0.455 e. The summed E-state index contributed by atoms with van der Waals surface area (Å²) in [4.78, 5) is 24.1. The normalized spacial score (nSPS) is 17.3. The fourth-order valence-electron chi connectivity index (χ4n) is 2.72. The van der Waals surface area contributed by atoms with Gasteiger partial charge in [0.15, 0.2) is 12.2 Å². The minimum atomic E-state index is -1.40. The Labute approximate surface area is 125 Å². The van der Waals surface area contributed by atoms with Gasteiger partial charge in [-0.2, -0.15) is 0 Å². The Hall–Kier alpha value is -1.68. The molecule has 1 saturated carbocycles. The SMILES string of the molecule is Cc1ccc(C)c(C(=O)COC(=O)C2(O)CCCCC2)c1. The first-order valence-electron chi connectivity index (χ1n) is 7.42. The van der Waals surface area contributed by atoms with Gasteiger partial charge in [-0.3, -0.25) is 4.79 Å². The number of aliphatic hydroxyl groups is 1. The number of Topliss-reactive ketones (excluding diaryl/α,β-unsaturated/α-hetero) is 1. The molecule has 0 heterocycles. The van der Waals surface area contributed by atoms with Crippen LogP contribution in [0.3, 0.4) is 0 Å². The smallest absolute Gasteiger partial charge is 0.338 e. The van der Waals surface area contributed by atoms with Gasteiger partial charge >= 0.3 is 5.97 Å². The molecule has 4 heteroatoms. The van der Waals surface area contributed by atoms with Crippen molar-refractivity contribution in [3.8, 4) is 0 Å². The van der Waals surface area contributed by atoms with Gasteiger partial charge in [0.2, 0.25) is 5.78 Å². The first-order valence-corrected chi connectivity index (χ1v) is 7.42. The summed E-state index contributed by atoms with van der Waals surface area (Å²) in [5, 5.41) is 10.2. The third kappa shape index (κ3) is 3.70. The Kier molecular flexibility index (Phi) is 4.78. The Morgan fingerprint density at radius 1 is 1.19 bits per heavy atom. The van der Waals surface area contributed by atoms with Gasteiger partial charge in [0.1, 0.15) is 0 Å². The maximum Gasteiger partial charge on any atom is 0.338 e. The first-order chi connectivity index (χ1) is 9.92. The van der Waals surface area contributed by atoms with Gasteiger partial charge < -0.3 is 9.84 Å². The predicted molar refractivity (Wildman–Crippen MR) is 79.2 cm³/mol. The zero-order valence-corrected chi connectivity index (χ0v) is 12.6. The van der Waals surface area contributed by atoms with Crippen LogP contribution in [-0.2, 0) is 9.53 Å². The van der Waals surface area contributed by atoms with E-state index in [4.69, 9.17) is 4.74 Å². The molecule has 0 bridgehead atoms. The lowest BCUT2D eigenvalue weighted by Gasteiger charge is -2.29. The van der Waals surface area contributed by atoms with Crippen molar-refractivity contribution < 1.29 is 19.4 Å². The summed E-state index contributed by atoms with van der Waals surface area (Å²) in [7, 11) is 0. The van der Waals surface area contributed by atoms with Crippen molar-refractivity contribution in [2.24, 2.45) is 0 Å². The summed E-state index contributed by atoms with van der Waals surface area (Å²) in [5.41, 5.74) is 1.01. The van der Waals surface area contributed by atoms with Gasteiger partial charge in [-0.05, 0) is 51.2 Å². The van der Waals surface area contributed by atoms with Crippen LogP contribution in [-0.4, -0.2) is 29.1 Å². The number of ketones is 1. The molecule has 0 aliphatic heterocycles. The van der Waals surface area contributed by atoms with Gasteiger partial charge in [-0.1, -0.05) is 24.1 Å². The molecule has 4 nitrogen and oxygen atoms in total. The Bertz CT molecular complexity index is 542. The zero-order chi connectivity index (χ0) is 15.5. The Morgan fingerprint density at radius 3 is 2.52 bits per heavy atom. The quantitative estimate of drug-likeness (QED) is 0.684. The lowest BCUT2D eigenvalue weighted by molar-refractivity contribution is -0.167. The maximum absolute atomic E-state index is 12.2. The maximum atomic E-state index is 12.2. The molecule has 114 valence electrons. The van der Waals surface area contributed by atoms with E-state index in [0.29, 0.717) is 18.4 Å². The average molecular weight is 290 g/mol. The molecule has 1 aliphatic rings. The van der Waals surface area contributed by atoms with Crippen molar-refractivity contribution in [3.05, 3.63) is 34.9 Å². The molecule has 21 heavy (non-hydrogen) atoms. The molecular weight excluding hydrogens is 268 g/mol. The molecule has 1 fully saturated rings. The van der Waals surface area contributed by atoms with Crippen molar-refractivity contribution in [2.75, 3.05) is 6.61 Å². The summed E-state index contributed by atoms with van der Waals surface area (Å²) in [6.45, 7) is 3.45. The second-order valence-corrected chi connectivity index (χ2v) is 5.91. The molecule has 0 atom stereocenters. The van der Waals surface area contributed by atoms with Crippen LogP contribution in [0.15, 0.2) is 18.2 Å². The van der Waals surface area contributed by atoms with E-state index >= 15 is 0 Å². The lowest BCUT2D eigenvalue weighted by Crippen LogP contribution is -2.42. The summed E-state index contributed by atoms with van der Waals surface area (Å²) < 4.78 is 5.06. The fourth-order valence-corrected chi connectivity index (χ4v) is 2.72. The summed E-state index contributed by atoms with van der Waals surface area (Å²) in [5.74, 6) is -0.898. The van der Waals surface area contributed by atoms with Crippen molar-refractivity contribution in [1.82, 2.24) is 0 Å². The van der Waals surface area contributed by atoms with Crippen molar-refractivity contribution in [3.63, 3.8) is 0 Å². The number of rotatable bonds is 4. The van der Waals surface area contributed by atoms with Gasteiger partial charge in [-0.25, -0.2) is 4.79 Å². The van der Waals surface area contributed by atoms with Gasteiger partial charge in [0, 0.05) is 5.56 Å². The van der Waals surface area contributed by atoms with Crippen LogP contribution in [0.2, 0.25) is 0 Å². The second kappa shape index (κ2) is 6.39. The highest BCUT2D eigenvalue weighted by Crippen LogP contribution is 2.29. The largest absolute Gasteiger partial charge is 0.455 e. The van der Waals surface area contributed by atoms with Gasteiger partial charge in [0.05, 0.1) is 0 Å². The van der Waals surface area contributed by atoms with Crippen LogP contribution in [0.5, 0.6) is 0 Å². The van der Waals surface area contributed by atoms with Gasteiger partial charge in [0.25, 0.3) is 0 Å². The molecule has 0 unspecified atom stereocenters. The number of esters is 1. The fraction of sp³-hybridized carbons (Fsp3) is 0.529. The summed E-state index contributed by atoms with van der Waals surface area (Å²) in [6.07, 6.45) is 3.50. The van der Waals surface area contributed by atoms with Crippen molar-refractivity contribution >= 4 is 11.8 Å². The minimum absolute atomic E-state index is 0.232. The van der Waals surface area contributed by atoms with E-state index in [2.05, 4.69) is 0 Å². The van der Waals surface area contributed by atoms with Crippen LogP contribution >= 0.6 is 0 Å². The van der Waals surface area contributed by atoms with Crippen LogP contribution in [0.4, 0.5) is 0 Å². The monoisotopic (exact) mass is 290 g/mol. The lowest BCUT2D eigenvalue weighted by atomic mass is 9.85. The van der Waals surface area contributed by atoms with E-state index in [1.807, 2.05) is 26.0 Å². The highest BCUT2D eigenvalue weighted by Gasteiger charge is 2.38. The van der Waals surface area contributed by atoms with E-state index in [1.165, 1.54) is 0 Å². The van der Waals surface area contributed by atoms with E-state index in [-0.39, 0.29) is 12.4 Å². The number of carbonyl (C=O) groups excluding carboxylic acids is 2. The number of aryl methyl sites for hydroxylation is 2. The zero-order valence-electron chi connectivity index (χ0n) is 12.6. The van der Waals surface area contributed by atoms with Crippen molar-refractivity contribution in [1.29, 1.82) is 0 Å². The first kappa shape index (κ1) is 15.7. The molecule has 1 aromatic carbocycles. The van der Waals surface area contributed by atoms with Crippen LogP contribution < -0.4 is 0 Å². The Balaban J connectivity index is 1.97. The second-order valence-electron chi connectivity index (χ2n) is 5.91. The number of carbonyl (C=O) groups is 2. The molecule has 0 saturated heterocycles. The van der Waals surface area contributed by atoms with Gasteiger partial charge in [-0.15, -0.1) is 0 Å². The number of hydrogen-bond donors (Lipinski definition) is 1. The number of benzene rings is 1. The molecule has 1 N–H and O–H groups in total. The molecule has 1 aromatic rings. The average Bonchev–Trinajstić information content (AvgIpc) is 2.47. The summed E-state index contributed by atoms with van der Waals surface area (Å²) >= 11 is 0. The highest BCUT2D eigenvalue weighted by atomic mass is 16.6. The number of hydrogen-bond acceptors (Lipinski definition) is 4.